The Balaban J connectivity index is 3.08. The fourth-order valence-electron chi connectivity index (χ4n) is 0.902. The summed E-state index contributed by atoms with van der Waals surface area (Å²) in [6.07, 6.45) is 2.78. The maximum Gasteiger partial charge on any atom is 0.320 e. The smallest absolute Gasteiger partial charge is 0.320 e. The summed E-state index contributed by atoms with van der Waals surface area (Å²) in [4.78, 5) is 10.4. The van der Waals surface area contributed by atoms with Gasteiger partial charge in [-0.1, -0.05) is 13.3 Å². The molecule has 0 fully saturated rings. The van der Waals surface area contributed by atoms with Gasteiger partial charge in [0, 0.05) is 12.4 Å². The van der Waals surface area contributed by atoms with Crippen LogP contribution >= 0.6 is 11.8 Å². The van der Waals surface area contributed by atoms with Crippen molar-refractivity contribution in [3.8, 4) is 0 Å². The highest BCUT2D eigenvalue weighted by molar-refractivity contribution is 7.99. The minimum Gasteiger partial charge on any atom is -0.480 e. The van der Waals surface area contributed by atoms with Gasteiger partial charge in [0.2, 0.25) is 0 Å². The molecule has 4 nitrogen and oxygen atoms in total. The standard InChI is InChI=1S/C10H21NO3S/c1-2-3-5-14-6-8-15-7-4-9(11)10(12)13/h9H,2-8,11H2,1H3,(H,12,13). The van der Waals surface area contributed by atoms with Crippen LogP contribution in [0.5, 0.6) is 0 Å². The average Bonchev–Trinajstić information content (AvgIpc) is 2.21. The zero-order valence-electron chi connectivity index (χ0n) is 9.28. The molecule has 0 aromatic carbocycles. The van der Waals surface area contributed by atoms with E-state index in [-0.39, 0.29) is 0 Å². The van der Waals surface area contributed by atoms with Gasteiger partial charge < -0.3 is 15.6 Å². The summed E-state index contributed by atoms with van der Waals surface area (Å²) in [5.41, 5.74) is 5.35. The lowest BCUT2D eigenvalue weighted by molar-refractivity contribution is -0.138. The van der Waals surface area contributed by atoms with Crippen LogP contribution in [0.15, 0.2) is 0 Å². The molecule has 0 radical (unpaired) electrons. The molecule has 0 aliphatic carbocycles. The number of nitrogens with two attached hydrogens (primary N) is 1. The molecule has 0 rings (SSSR count). The van der Waals surface area contributed by atoms with Crippen molar-refractivity contribution in [2.24, 2.45) is 5.73 Å². The molecule has 0 aromatic rings. The summed E-state index contributed by atoms with van der Waals surface area (Å²) in [5, 5.41) is 8.52. The highest BCUT2D eigenvalue weighted by Gasteiger charge is 2.09. The van der Waals surface area contributed by atoms with Gasteiger partial charge in [-0.25, -0.2) is 0 Å². The Morgan fingerprint density at radius 3 is 2.80 bits per heavy atom. The largest absolute Gasteiger partial charge is 0.480 e. The number of thioether (sulfide) groups is 1. The van der Waals surface area contributed by atoms with Gasteiger partial charge in [0.15, 0.2) is 0 Å². The summed E-state index contributed by atoms with van der Waals surface area (Å²) in [5.74, 6) is 0.774. The first-order valence-corrected chi connectivity index (χ1v) is 6.47. The third-order valence-corrected chi connectivity index (χ3v) is 2.88. The number of unbranched alkanes of at least 4 members (excludes halogenated alkanes) is 1. The lowest BCUT2D eigenvalue weighted by Crippen LogP contribution is -2.30. The molecule has 5 heteroatoms. The first kappa shape index (κ1) is 14.7. The lowest BCUT2D eigenvalue weighted by Gasteiger charge is -2.06. The van der Waals surface area contributed by atoms with E-state index in [2.05, 4.69) is 6.92 Å². The fourth-order valence-corrected chi connectivity index (χ4v) is 1.76. The quantitative estimate of drug-likeness (QED) is 0.559. The molecule has 0 spiro atoms. The molecule has 1 unspecified atom stereocenters. The van der Waals surface area contributed by atoms with Crippen molar-refractivity contribution in [3.05, 3.63) is 0 Å². The maximum atomic E-state index is 10.4. The van der Waals surface area contributed by atoms with Crippen LogP contribution in [-0.4, -0.2) is 41.8 Å². The highest BCUT2D eigenvalue weighted by Crippen LogP contribution is 2.04. The molecule has 0 saturated carbocycles. The minimum atomic E-state index is -0.921. The van der Waals surface area contributed by atoms with Gasteiger partial charge in [-0.3, -0.25) is 4.79 Å². The Morgan fingerprint density at radius 1 is 1.47 bits per heavy atom. The van der Waals surface area contributed by atoms with Crippen molar-refractivity contribution >= 4 is 17.7 Å². The molecule has 1 atom stereocenters. The SMILES string of the molecule is CCCCOCCSCCC(N)C(=O)O. The Kier molecular flexibility index (Phi) is 10.1. The number of aliphatic carboxylic acids is 1. The van der Waals surface area contributed by atoms with Crippen LogP contribution in [0.4, 0.5) is 0 Å². The van der Waals surface area contributed by atoms with E-state index in [1.165, 1.54) is 0 Å². The van der Waals surface area contributed by atoms with Crippen molar-refractivity contribution in [1.82, 2.24) is 0 Å². The van der Waals surface area contributed by atoms with E-state index in [4.69, 9.17) is 15.6 Å². The molecule has 3 N–H and O–H groups in total. The third-order valence-electron chi connectivity index (χ3n) is 1.90. The van der Waals surface area contributed by atoms with E-state index < -0.39 is 12.0 Å². The first-order chi connectivity index (χ1) is 7.18. The molecule has 0 aromatic heterocycles. The molecule has 0 aliphatic rings. The van der Waals surface area contributed by atoms with Crippen molar-refractivity contribution < 1.29 is 14.6 Å². The van der Waals surface area contributed by atoms with Gasteiger partial charge in [0.1, 0.15) is 6.04 Å². The van der Waals surface area contributed by atoms with E-state index in [9.17, 15) is 4.79 Å². The number of carbonyl (C=O) groups is 1. The summed E-state index contributed by atoms with van der Waals surface area (Å²) >= 11 is 1.69. The molecule has 0 bridgehead atoms. The second kappa shape index (κ2) is 10.3. The number of rotatable bonds is 10. The molecule has 15 heavy (non-hydrogen) atoms. The highest BCUT2D eigenvalue weighted by atomic mass is 32.2. The van der Waals surface area contributed by atoms with Crippen molar-refractivity contribution in [2.75, 3.05) is 24.7 Å². The Bertz CT molecular complexity index is 167. The van der Waals surface area contributed by atoms with Gasteiger partial charge in [0.05, 0.1) is 6.61 Å². The molecule has 0 amide bonds. The van der Waals surface area contributed by atoms with Gasteiger partial charge in [-0.05, 0) is 18.6 Å². The van der Waals surface area contributed by atoms with Crippen LogP contribution in [0.25, 0.3) is 0 Å². The number of hydrogen-bond donors (Lipinski definition) is 2. The summed E-state index contributed by atoms with van der Waals surface area (Å²) < 4.78 is 5.36. The van der Waals surface area contributed by atoms with Crippen LogP contribution in [0.2, 0.25) is 0 Å². The molecule has 0 aliphatic heterocycles. The molecule has 0 heterocycles. The maximum absolute atomic E-state index is 10.4. The summed E-state index contributed by atoms with van der Waals surface area (Å²) in [6, 6.07) is -0.724. The van der Waals surface area contributed by atoms with Crippen LogP contribution in [0.1, 0.15) is 26.2 Å². The molecule has 0 saturated heterocycles. The van der Waals surface area contributed by atoms with Crippen LogP contribution < -0.4 is 5.73 Å². The minimum absolute atomic E-state index is 0.523. The van der Waals surface area contributed by atoms with Crippen molar-refractivity contribution in [2.45, 2.75) is 32.2 Å². The summed E-state index contributed by atoms with van der Waals surface area (Å²) in [6.45, 7) is 3.70. The first-order valence-electron chi connectivity index (χ1n) is 5.32. The predicted molar refractivity (Wildman–Crippen MR) is 63.3 cm³/mol. The average molecular weight is 235 g/mol. The van der Waals surface area contributed by atoms with Gasteiger partial charge in [0.25, 0.3) is 0 Å². The van der Waals surface area contributed by atoms with Crippen molar-refractivity contribution in [3.63, 3.8) is 0 Å². The van der Waals surface area contributed by atoms with Gasteiger partial charge >= 0.3 is 5.97 Å². The number of hydrogen-bond acceptors (Lipinski definition) is 4. The van der Waals surface area contributed by atoms with E-state index in [0.29, 0.717) is 6.42 Å². The monoisotopic (exact) mass is 235 g/mol. The fraction of sp³-hybridized carbons (Fsp3) is 0.900. The van der Waals surface area contributed by atoms with E-state index in [0.717, 1.165) is 37.6 Å². The van der Waals surface area contributed by atoms with Crippen LogP contribution in [0, 0.1) is 0 Å². The Labute approximate surface area is 95.6 Å². The van der Waals surface area contributed by atoms with E-state index in [1.54, 1.807) is 11.8 Å². The predicted octanol–water partition coefficient (Wildman–Crippen LogP) is 1.34. The van der Waals surface area contributed by atoms with Gasteiger partial charge in [-0.2, -0.15) is 11.8 Å². The van der Waals surface area contributed by atoms with Crippen LogP contribution in [-0.2, 0) is 9.53 Å². The van der Waals surface area contributed by atoms with Gasteiger partial charge in [-0.15, -0.1) is 0 Å². The number of carboxylic acid groups (broad SMARTS) is 1. The second-order valence-electron chi connectivity index (χ2n) is 3.31. The summed E-state index contributed by atoms with van der Waals surface area (Å²) in [7, 11) is 0. The number of ether oxygens (including phenoxy) is 1. The lowest BCUT2D eigenvalue weighted by atomic mass is 10.2. The number of carboxylic acids is 1. The zero-order valence-corrected chi connectivity index (χ0v) is 10.1. The molecular weight excluding hydrogens is 214 g/mol. The van der Waals surface area contributed by atoms with Crippen LogP contribution in [0.3, 0.4) is 0 Å². The van der Waals surface area contributed by atoms with E-state index in [1.807, 2.05) is 0 Å². The van der Waals surface area contributed by atoms with E-state index >= 15 is 0 Å². The third kappa shape index (κ3) is 10.0. The Hall–Kier alpha value is -0.260. The topological polar surface area (TPSA) is 72.5 Å². The molecule has 90 valence electrons. The van der Waals surface area contributed by atoms with Crippen molar-refractivity contribution in [1.29, 1.82) is 0 Å². The normalized spacial score (nSPS) is 12.7. The second-order valence-corrected chi connectivity index (χ2v) is 4.54. The zero-order chi connectivity index (χ0) is 11.5. The Morgan fingerprint density at radius 2 is 2.20 bits per heavy atom. The molecular formula is C10H21NO3S.